The summed E-state index contributed by atoms with van der Waals surface area (Å²) in [4.78, 5) is 2.72. The van der Waals surface area contributed by atoms with Crippen molar-refractivity contribution in [2.45, 2.75) is 31.0 Å². The van der Waals surface area contributed by atoms with Gasteiger partial charge >= 0.3 is 0 Å². The van der Waals surface area contributed by atoms with Crippen LogP contribution in [0.3, 0.4) is 0 Å². The molecule has 2 heterocycles. The molecule has 3 aromatic rings. The predicted molar refractivity (Wildman–Crippen MR) is 122 cm³/mol. The molecule has 4 atom stereocenters. The van der Waals surface area contributed by atoms with E-state index in [-0.39, 0.29) is 0 Å². The highest BCUT2D eigenvalue weighted by atomic mass is 16.5. The van der Waals surface area contributed by atoms with Gasteiger partial charge in [-0.25, -0.2) is 0 Å². The number of piperidine rings is 1. The number of hydrogen-bond donors (Lipinski definition) is 1. The number of fused-ring (bicyclic) bond motifs is 2. The first-order chi connectivity index (χ1) is 14.8. The van der Waals surface area contributed by atoms with Crippen molar-refractivity contribution in [3.8, 4) is 5.75 Å². The van der Waals surface area contributed by atoms with Gasteiger partial charge in [-0.05, 0) is 36.1 Å². The second-order valence-corrected chi connectivity index (χ2v) is 8.55. The van der Waals surface area contributed by atoms with Gasteiger partial charge in [-0.1, -0.05) is 78.9 Å². The minimum atomic E-state index is 0.368. The molecular weight excluding hydrogens is 368 g/mol. The van der Waals surface area contributed by atoms with Gasteiger partial charge in [-0.15, -0.1) is 0 Å². The Hall–Kier alpha value is -2.62. The van der Waals surface area contributed by atoms with E-state index in [4.69, 9.17) is 4.74 Å². The minimum absolute atomic E-state index is 0.368. The van der Waals surface area contributed by atoms with E-state index in [2.05, 4.69) is 89.1 Å². The van der Waals surface area contributed by atoms with E-state index in [1.165, 1.54) is 36.2 Å². The Balaban J connectivity index is 1.47. The molecule has 2 fully saturated rings. The first kappa shape index (κ1) is 19.3. The standard InChI is InChI=1S/C27H30N2O/c1-30-24-15-9-8-14-22(24)18-28-26-23-16-17-29(19-23)27(26)25(20-10-4-2-5-11-20)21-12-6-3-7-13-21/h2-15,23,25-28H,16-19H2,1H3. The predicted octanol–water partition coefficient (Wildman–Crippen LogP) is 4.69. The van der Waals surface area contributed by atoms with Gasteiger partial charge in [0.25, 0.3) is 0 Å². The van der Waals surface area contributed by atoms with Crippen LogP contribution in [0.1, 0.15) is 29.0 Å². The molecule has 30 heavy (non-hydrogen) atoms. The lowest BCUT2D eigenvalue weighted by molar-refractivity contribution is 0.197. The van der Waals surface area contributed by atoms with Gasteiger partial charge < -0.3 is 10.1 Å². The average molecular weight is 399 g/mol. The first-order valence-electron chi connectivity index (χ1n) is 11.0. The first-order valence-corrected chi connectivity index (χ1v) is 11.0. The Kier molecular flexibility index (Phi) is 5.56. The van der Waals surface area contributed by atoms with E-state index >= 15 is 0 Å². The molecule has 5 rings (SSSR count). The van der Waals surface area contributed by atoms with Crippen LogP contribution in [0, 0.1) is 5.92 Å². The molecule has 2 bridgehead atoms. The largest absolute Gasteiger partial charge is 0.496 e. The van der Waals surface area contributed by atoms with Crippen LogP contribution in [0.2, 0.25) is 0 Å². The van der Waals surface area contributed by atoms with Crippen LogP contribution in [-0.2, 0) is 6.54 Å². The topological polar surface area (TPSA) is 24.5 Å². The molecule has 2 aliphatic rings. The third kappa shape index (κ3) is 3.64. The summed E-state index contributed by atoms with van der Waals surface area (Å²) in [5.74, 6) is 2.04. The number of para-hydroxylation sites is 1. The summed E-state index contributed by atoms with van der Waals surface area (Å²) in [5.41, 5.74) is 4.04. The highest BCUT2D eigenvalue weighted by Crippen LogP contribution is 2.43. The van der Waals surface area contributed by atoms with Crippen LogP contribution in [0.15, 0.2) is 84.9 Å². The van der Waals surface area contributed by atoms with E-state index < -0.39 is 0 Å². The molecule has 0 saturated carbocycles. The SMILES string of the molecule is COc1ccccc1CNC1C2CCN(C2)C1C(c1ccccc1)c1ccccc1. The Morgan fingerprint density at radius 3 is 2.20 bits per heavy atom. The summed E-state index contributed by atoms with van der Waals surface area (Å²) in [6.45, 7) is 3.24. The summed E-state index contributed by atoms with van der Waals surface area (Å²) in [5, 5.41) is 3.95. The van der Waals surface area contributed by atoms with Crippen molar-refractivity contribution in [1.29, 1.82) is 0 Å². The molecule has 2 aliphatic heterocycles. The zero-order valence-corrected chi connectivity index (χ0v) is 17.6. The van der Waals surface area contributed by atoms with E-state index in [0.29, 0.717) is 23.9 Å². The van der Waals surface area contributed by atoms with E-state index in [9.17, 15) is 0 Å². The van der Waals surface area contributed by atoms with Gasteiger partial charge in [0.1, 0.15) is 5.75 Å². The van der Waals surface area contributed by atoms with Crippen LogP contribution in [0.25, 0.3) is 0 Å². The molecule has 154 valence electrons. The zero-order valence-electron chi connectivity index (χ0n) is 17.6. The van der Waals surface area contributed by atoms with Crippen molar-refractivity contribution in [1.82, 2.24) is 10.2 Å². The lowest BCUT2D eigenvalue weighted by Gasteiger charge is -2.39. The molecule has 3 aromatic carbocycles. The fourth-order valence-electron chi connectivity index (χ4n) is 5.58. The van der Waals surface area contributed by atoms with Gasteiger partial charge in [-0.2, -0.15) is 0 Å². The maximum absolute atomic E-state index is 5.58. The molecule has 0 aliphatic carbocycles. The van der Waals surface area contributed by atoms with E-state index in [1.54, 1.807) is 7.11 Å². The van der Waals surface area contributed by atoms with Crippen LogP contribution >= 0.6 is 0 Å². The molecule has 0 spiro atoms. The number of ether oxygens (including phenoxy) is 1. The second-order valence-electron chi connectivity index (χ2n) is 8.55. The monoisotopic (exact) mass is 398 g/mol. The Morgan fingerprint density at radius 1 is 0.900 bits per heavy atom. The van der Waals surface area contributed by atoms with Gasteiger partial charge in [0, 0.05) is 36.7 Å². The summed E-state index contributed by atoms with van der Waals surface area (Å²) >= 11 is 0. The van der Waals surface area contributed by atoms with Crippen LogP contribution < -0.4 is 10.1 Å². The third-order valence-corrected chi connectivity index (χ3v) is 6.93. The number of nitrogens with one attached hydrogen (secondary N) is 1. The van der Waals surface area contributed by atoms with Gasteiger partial charge in [0.2, 0.25) is 0 Å². The fourth-order valence-corrected chi connectivity index (χ4v) is 5.58. The maximum atomic E-state index is 5.58. The molecule has 4 unspecified atom stereocenters. The molecule has 3 heteroatoms. The summed E-state index contributed by atoms with van der Waals surface area (Å²) < 4.78 is 5.58. The van der Waals surface area contributed by atoms with Crippen LogP contribution in [-0.4, -0.2) is 37.2 Å². The molecule has 0 aromatic heterocycles. The Bertz CT molecular complexity index is 919. The van der Waals surface area contributed by atoms with Crippen molar-refractivity contribution in [3.63, 3.8) is 0 Å². The maximum Gasteiger partial charge on any atom is 0.123 e. The summed E-state index contributed by atoms with van der Waals surface area (Å²) in [6, 6.07) is 31.4. The van der Waals surface area contributed by atoms with Gasteiger partial charge in [0.05, 0.1) is 7.11 Å². The molecule has 3 nitrogen and oxygen atoms in total. The van der Waals surface area contributed by atoms with Gasteiger partial charge in [-0.3, -0.25) is 4.90 Å². The average Bonchev–Trinajstić information content (AvgIpc) is 3.42. The number of nitrogens with zero attached hydrogens (tertiary/aromatic N) is 1. The van der Waals surface area contributed by atoms with E-state index in [0.717, 1.165) is 12.3 Å². The fraction of sp³-hybridized carbons (Fsp3) is 0.333. The van der Waals surface area contributed by atoms with Crippen molar-refractivity contribution < 1.29 is 4.74 Å². The summed E-state index contributed by atoms with van der Waals surface area (Å²) in [7, 11) is 1.76. The lowest BCUT2D eigenvalue weighted by Crippen LogP contribution is -2.50. The minimum Gasteiger partial charge on any atom is -0.496 e. The Labute approximate surface area is 179 Å². The van der Waals surface area contributed by atoms with Crippen molar-refractivity contribution >= 4 is 0 Å². The van der Waals surface area contributed by atoms with Crippen molar-refractivity contribution in [2.75, 3.05) is 20.2 Å². The summed E-state index contributed by atoms with van der Waals surface area (Å²) in [6.07, 6.45) is 1.29. The lowest BCUT2D eigenvalue weighted by atomic mass is 9.78. The third-order valence-electron chi connectivity index (χ3n) is 6.93. The van der Waals surface area contributed by atoms with Crippen LogP contribution in [0.4, 0.5) is 0 Å². The second kappa shape index (κ2) is 8.63. The molecule has 0 amide bonds. The number of methoxy groups -OCH3 is 1. The highest BCUT2D eigenvalue weighted by molar-refractivity contribution is 5.37. The smallest absolute Gasteiger partial charge is 0.123 e. The normalized spacial score (nSPS) is 25.0. The van der Waals surface area contributed by atoms with E-state index in [1.807, 2.05) is 6.07 Å². The molecule has 0 radical (unpaired) electrons. The van der Waals surface area contributed by atoms with Crippen molar-refractivity contribution in [2.24, 2.45) is 5.92 Å². The number of hydrogen-bond acceptors (Lipinski definition) is 3. The molecular formula is C27H30N2O. The van der Waals surface area contributed by atoms with Crippen molar-refractivity contribution in [3.05, 3.63) is 102 Å². The van der Waals surface area contributed by atoms with Gasteiger partial charge in [0.15, 0.2) is 0 Å². The van der Waals surface area contributed by atoms with Crippen LogP contribution in [0.5, 0.6) is 5.75 Å². The quantitative estimate of drug-likeness (QED) is 0.625. The molecule has 2 saturated heterocycles. The highest BCUT2D eigenvalue weighted by Gasteiger charge is 2.49. The zero-order chi connectivity index (χ0) is 20.3. The molecule has 1 N–H and O–H groups in total. The number of rotatable bonds is 7. The Morgan fingerprint density at radius 2 is 1.53 bits per heavy atom. The number of benzene rings is 3.